The molecule has 3 aromatic rings. The largest absolute Gasteiger partial charge is 0.444 e. The number of fused-ring (bicyclic) bond motifs is 1. The fourth-order valence-corrected chi connectivity index (χ4v) is 3.76. The zero-order chi connectivity index (χ0) is 20.6. The average molecular weight is 393 g/mol. The molecule has 0 atom stereocenters. The first kappa shape index (κ1) is 19.4. The molecule has 0 saturated carbocycles. The van der Waals surface area contributed by atoms with Crippen LogP contribution in [0.4, 0.5) is 4.79 Å². The summed E-state index contributed by atoms with van der Waals surface area (Å²) in [5.74, 6) is 0. The molecule has 1 aliphatic heterocycles. The van der Waals surface area contributed by atoms with E-state index in [4.69, 9.17) is 4.74 Å². The Balaban J connectivity index is 1.50. The summed E-state index contributed by atoms with van der Waals surface area (Å²) in [4.78, 5) is 23.1. The van der Waals surface area contributed by atoms with Crippen LogP contribution in [0.1, 0.15) is 45.3 Å². The Kier molecular flexibility index (Phi) is 4.98. The SMILES string of the molecule is Cc1ncccc1-c1cc2cnn(C3CCN(C(=O)OC(C)(C)C)CC3)c2cn1. The van der Waals surface area contributed by atoms with Crippen molar-refractivity contribution in [1.29, 1.82) is 0 Å². The monoisotopic (exact) mass is 393 g/mol. The second-order valence-electron chi connectivity index (χ2n) is 8.55. The van der Waals surface area contributed by atoms with E-state index >= 15 is 0 Å². The number of nitrogens with zero attached hydrogens (tertiary/aromatic N) is 5. The number of amides is 1. The number of hydrogen-bond acceptors (Lipinski definition) is 5. The first-order valence-electron chi connectivity index (χ1n) is 10.0. The summed E-state index contributed by atoms with van der Waals surface area (Å²) in [6, 6.07) is 6.28. The third kappa shape index (κ3) is 4.09. The molecule has 0 bridgehead atoms. The van der Waals surface area contributed by atoms with Crippen LogP contribution < -0.4 is 0 Å². The van der Waals surface area contributed by atoms with Crippen molar-refractivity contribution in [1.82, 2.24) is 24.6 Å². The van der Waals surface area contributed by atoms with Gasteiger partial charge in [-0.05, 0) is 58.7 Å². The molecule has 152 valence electrons. The Hall–Kier alpha value is -2.96. The molecular weight excluding hydrogens is 366 g/mol. The highest BCUT2D eigenvalue weighted by Crippen LogP contribution is 2.29. The quantitative estimate of drug-likeness (QED) is 0.646. The van der Waals surface area contributed by atoms with Gasteiger partial charge in [-0.15, -0.1) is 0 Å². The summed E-state index contributed by atoms with van der Waals surface area (Å²) in [5.41, 5.74) is 3.45. The van der Waals surface area contributed by atoms with Gasteiger partial charge in [-0.1, -0.05) is 0 Å². The minimum atomic E-state index is -0.470. The van der Waals surface area contributed by atoms with Crippen LogP contribution in [0.2, 0.25) is 0 Å². The zero-order valence-electron chi connectivity index (χ0n) is 17.4. The van der Waals surface area contributed by atoms with Crippen LogP contribution in [0, 0.1) is 6.92 Å². The third-order valence-corrected chi connectivity index (χ3v) is 5.23. The lowest BCUT2D eigenvalue weighted by Crippen LogP contribution is -2.42. The summed E-state index contributed by atoms with van der Waals surface area (Å²) in [5, 5.41) is 5.69. The number of piperidine rings is 1. The average Bonchev–Trinajstić information content (AvgIpc) is 3.10. The van der Waals surface area contributed by atoms with Gasteiger partial charge in [0.25, 0.3) is 0 Å². The Bertz CT molecular complexity index is 1030. The van der Waals surface area contributed by atoms with Crippen LogP contribution in [0.25, 0.3) is 22.2 Å². The van der Waals surface area contributed by atoms with Gasteiger partial charge in [-0.3, -0.25) is 14.6 Å². The van der Waals surface area contributed by atoms with Gasteiger partial charge >= 0.3 is 6.09 Å². The van der Waals surface area contributed by atoms with Crippen molar-refractivity contribution in [3.8, 4) is 11.3 Å². The first-order chi connectivity index (χ1) is 13.8. The summed E-state index contributed by atoms with van der Waals surface area (Å²) in [7, 11) is 0. The van der Waals surface area contributed by atoms with Gasteiger partial charge in [0.2, 0.25) is 0 Å². The number of rotatable bonds is 2. The van der Waals surface area contributed by atoms with Gasteiger partial charge in [-0.2, -0.15) is 5.10 Å². The zero-order valence-corrected chi connectivity index (χ0v) is 17.4. The predicted octanol–water partition coefficient (Wildman–Crippen LogP) is 4.37. The second-order valence-corrected chi connectivity index (χ2v) is 8.55. The molecule has 0 aliphatic carbocycles. The number of ether oxygens (including phenoxy) is 1. The van der Waals surface area contributed by atoms with Crippen LogP contribution in [-0.4, -0.2) is 49.4 Å². The highest BCUT2D eigenvalue weighted by atomic mass is 16.6. The molecule has 1 aliphatic rings. The highest BCUT2D eigenvalue weighted by molar-refractivity contribution is 5.82. The molecule has 1 saturated heterocycles. The topological polar surface area (TPSA) is 73.1 Å². The van der Waals surface area contributed by atoms with E-state index in [1.165, 1.54) is 0 Å². The molecule has 0 spiro atoms. The molecule has 3 aromatic heterocycles. The fraction of sp³-hybridized carbons (Fsp3) is 0.455. The summed E-state index contributed by atoms with van der Waals surface area (Å²) < 4.78 is 7.54. The lowest BCUT2D eigenvalue weighted by atomic mass is 10.1. The van der Waals surface area contributed by atoms with Crippen LogP contribution in [0.15, 0.2) is 36.8 Å². The van der Waals surface area contributed by atoms with Crippen molar-refractivity contribution < 1.29 is 9.53 Å². The van der Waals surface area contributed by atoms with Gasteiger partial charge < -0.3 is 9.64 Å². The van der Waals surface area contributed by atoms with E-state index in [0.29, 0.717) is 13.1 Å². The lowest BCUT2D eigenvalue weighted by Gasteiger charge is -2.33. The van der Waals surface area contributed by atoms with Gasteiger partial charge in [0, 0.05) is 35.9 Å². The summed E-state index contributed by atoms with van der Waals surface area (Å²) >= 11 is 0. The third-order valence-electron chi connectivity index (χ3n) is 5.23. The van der Waals surface area contributed by atoms with Crippen molar-refractivity contribution >= 4 is 17.0 Å². The maximum absolute atomic E-state index is 12.3. The van der Waals surface area contributed by atoms with Gasteiger partial charge in [0.05, 0.1) is 29.6 Å². The Morgan fingerprint density at radius 2 is 1.93 bits per heavy atom. The van der Waals surface area contributed by atoms with Crippen LogP contribution in [0.3, 0.4) is 0 Å². The highest BCUT2D eigenvalue weighted by Gasteiger charge is 2.28. The van der Waals surface area contributed by atoms with Gasteiger partial charge in [0.15, 0.2) is 0 Å². The standard InChI is InChI=1S/C22H27N5O2/c1-15-18(6-5-9-23-15)19-12-16-13-25-27(20(16)14-24-19)17-7-10-26(11-8-17)21(28)29-22(2,3)4/h5-6,9,12-14,17H,7-8,10-11H2,1-4H3. The van der Waals surface area contributed by atoms with E-state index in [-0.39, 0.29) is 12.1 Å². The number of hydrogen-bond donors (Lipinski definition) is 0. The van der Waals surface area contributed by atoms with Crippen molar-refractivity contribution in [2.24, 2.45) is 0 Å². The number of carbonyl (C=O) groups is 1. The van der Waals surface area contributed by atoms with E-state index in [1.54, 1.807) is 11.1 Å². The van der Waals surface area contributed by atoms with Crippen molar-refractivity contribution in [2.75, 3.05) is 13.1 Å². The van der Waals surface area contributed by atoms with Crippen LogP contribution >= 0.6 is 0 Å². The molecule has 0 N–H and O–H groups in total. The summed E-state index contributed by atoms with van der Waals surface area (Å²) in [6.07, 6.45) is 7.04. The normalized spacial score (nSPS) is 15.7. The van der Waals surface area contributed by atoms with E-state index in [1.807, 2.05) is 52.2 Å². The second kappa shape index (κ2) is 7.46. The minimum Gasteiger partial charge on any atom is -0.444 e. The number of aryl methyl sites for hydroxylation is 1. The van der Waals surface area contributed by atoms with Crippen molar-refractivity contribution in [3.63, 3.8) is 0 Å². The molecule has 4 heterocycles. The molecule has 7 nitrogen and oxygen atoms in total. The summed E-state index contributed by atoms with van der Waals surface area (Å²) in [6.45, 7) is 9.00. The number of likely N-dealkylation sites (tertiary alicyclic amines) is 1. The van der Waals surface area contributed by atoms with Gasteiger partial charge in [0.1, 0.15) is 5.60 Å². The number of pyridine rings is 2. The maximum atomic E-state index is 12.3. The molecule has 0 unspecified atom stereocenters. The lowest BCUT2D eigenvalue weighted by molar-refractivity contribution is 0.0186. The minimum absolute atomic E-state index is 0.237. The molecule has 29 heavy (non-hydrogen) atoms. The molecule has 0 aromatic carbocycles. The van der Waals surface area contributed by atoms with E-state index in [2.05, 4.69) is 25.8 Å². The van der Waals surface area contributed by atoms with Crippen molar-refractivity contribution in [2.45, 2.75) is 52.2 Å². The van der Waals surface area contributed by atoms with E-state index in [0.717, 1.165) is 40.7 Å². The van der Waals surface area contributed by atoms with Crippen molar-refractivity contribution in [3.05, 3.63) is 42.5 Å². The predicted molar refractivity (Wildman–Crippen MR) is 112 cm³/mol. The molecule has 1 fully saturated rings. The molecule has 1 amide bonds. The first-order valence-corrected chi connectivity index (χ1v) is 10.0. The maximum Gasteiger partial charge on any atom is 0.410 e. The number of aromatic nitrogens is 4. The molecule has 0 radical (unpaired) electrons. The number of carbonyl (C=O) groups excluding carboxylic acids is 1. The smallest absolute Gasteiger partial charge is 0.410 e. The molecule has 4 rings (SSSR count). The van der Waals surface area contributed by atoms with Crippen LogP contribution in [-0.2, 0) is 4.74 Å². The molecular formula is C22H27N5O2. The van der Waals surface area contributed by atoms with Gasteiger partial charge in [-0.25, -0.2) is 4.79 Å². The Labute approximate surface area is 170 Å². The Morgan fingerprint density at radius 1 is 1.17 bits per heavy atom. The molecule has 7 heteroatoms. The fourth-order valence-electron chi connectivity index (χ4n) is 3.76. The van der Waals surface area contributed by atoms with E-state index < -0.39 is 5.60 Å². The van der Waals surface area contributed by atoms with Crippen LogP contribution in [0.5, 0.6) is 0 Å². The van der Waals surface area contributed by atoms with E-state index in [9.17, 15) is 4.79 Å². The Morgan fingerprint density at radius 3 is 2.62 bits per heavy atom.